The van der Waals surface area contributed by atoms with E-state index < -0.39 is 0 Å². The topological polar surface area (TPSA) is 27.7 Å². The van der Waals surface area contributed by atoms with Crippen LogP contribution >= 0.6 is 0 Å². The zero-order chi connectivity index (χ0) is 14.5. The van der Waals surface area contributed by atoms with Crippen molar-refractivity contribution in [2.45, 2.75) is 38.4 Å². The van der Waals surface area contributed by atoms with Crippen LogP contribution in [0.15, 0.2) is 24.3 Å². The van der Waals surface area contributed by atoms with Gasteiger partial charge in [0.15, 0.2) is 0 Å². The minimum atomic E-state index is 0.598. The van der Waals surface area contributed by atoms with Crippen molar-refractivity contribution >= 4 is 19.3 Å². The highest BCUT2D eigenvalue weighted by Gasteiger charge is 1.97. The molecular formula is C15H24O3Si2. The first-order valence-electron chi connectivity index (χ1n) is 7.21. The Kier molecular flexibility index (Phi) is 10.4. The van der Waals surface area contributed by atoms with Crippen LogP contribution in [0.4, 0.5) is 0 Å². The van der Waals surface area contributed by atoms with Gasteiger partial charge < -0.3 is 13.9 Å². The molecule has 5 heteroatoms. The smallest absolute Gasteiger partial charge is 0.229 e. The quantitative estimate of drug-likeness (QED) is 0.437. The maximum Gasteiger partial charge on any atom is 0.229 e. The molecule has 1 rings (SSSR count). The van der Waals surface area contributed by atoms with Crippen molar-refractivity contribution < 1.29 is 13.9 Å². The van der Waals surface area contributed by atoms with Gasteiger partial charge >= 0.3 is 0 Å². The van der Waals surface area contributed by atoms with Crippen LogP contribution in [0.25, 0.3) is 0 Å². The first kappa shape index (κ1) is 17.3. The third kappa shape index (κ3) is 8.40. The highest BCUT2D eigenvalue weighted by molar-refractivity contribution is 6.33. The van der Waals surface area contributed by atoms with E-state index in [-0.39, 0.29) is 0 Å². The molecule has 3 nitrogen and oxygen atoms in total. The summed E-state index contributed by atoms with van der Waals surface area (Å²) in [5.41, 5.74) is 0. The van der Waals surface area contributed by atoms with Crippen molar-refractivity contribution in [3.8, 4) is 11.5 Å². The maximum absolute atomic E-state index is 5.68. The first-order chi connectivity index (χ1) is 9.86. The van der Waals surface area contributed by atoms with E-state index in [2.05, 4.69) is 6.55 Å². The Labute approximate surface area is 127 Å². The van der Waals surface area contributed by atoms with Crippen LogP contribution in [0.1, 0.15) is 19.8 Å². The summed E-state index contributed by atoms with van der Waals surface area (Å²) in [5, 5.41) is 0. The predicted molar refractivity (Wildman–Crippen MR) is 85.3 cm³/mol. The van der Waals surface area contributed by atoms with Gasteiger partial charge in [0.25, 0.3) is 0 Å². The van der Waals surface area contributed by atoms with Gasteiger partial charge in [-0.1, -0.05) is 12.6 Å². The van der Waals surface area contributed by atoms with Crippen LogP contribution in [-0.2, 0) is 4.43 Å². The second kappa shape index (κ2) is 12.0. The molecule has 0 spiro atoms. The number of hydrogen-bond donors (Lipinski definition) is 0. The van der Waals surface area contributed by atoms with Gasteiger partial charge in [-0.05, 0) is 50.1 Å². The average Bonchev–Trinajstić information content (AvgIpc) is 2.49. The lowest BCUT2D eigenvalue weighted by Crippen LogP contribution is -2.02. The van der Waals surface area contributed by atoms with Crippen LogP contribution in [-0.4, -0.2) is 39.1 Å². The Hall–Kier alpha value is -0.786. The molecule has 0 aromatic heterocycles. The van der Waals surface area contributed by atoms with Crippen LogP contribution in [0.5, 0.6) is 11.5 Å². The Morgan fingerprint density at radius 1 is 0.900 bits per heavy atom. The summed E-state index contributed by atoms with van der Waals surface area (Å²) in [5.74, 6) is 1.83. The summed E-state index contributed by atoms with van der Waals surface area (Å²) in [4.78, 5) is 0. The zero-order valence-electron chi connectivity index (χ0n) is 12.5. The van der Waals surface area contributed by atoms with Crippen LogP contribution in [0, 0.1) is 0 Å². The molecule has 110 valence electrons. The first-order valence-corrected chi connectivity index (χ1v) is 10.0. The molecule has 4 radical (unpaired) electrons. The third-order valence-corrected chi connectivity index (χ3v) is 4.51. The normalized spacial score (nSPS) is 10.5. The van der Waals surface area contributed by atoms with E-state index in [0.717, 1.165) is 59.7 Å². The summed E-state index contributed by atoms with van der Waals surface area (Å²) in [7, 11) is 1.61. The van der Waals surface area contributed by atoms with Gasteiger partial charge in [0.05, 0.1) is 13.2 Å². The number of hydrogen-bond acceptors (Lipinski definition) is 3. The highest BCUT2D eigenvalue weighted by Crippen LogP contribution is 2.18. The molecule has 0 bridgehead atoms. The molecular weight excluding hydrogens is 284 g/mol. The average molecular weight is 309 g/mol. The zero-order valence-corrected chi connectivity index (χ0v) is 14.5. The summed E-state index contributed by atoms with van der Waals surface area (Å²) >= 11 is 0. The van der Waals surface area contributed by atoms with Gasteiger partial charge in [-0.25, -0.2) is 0 Å². The molecule has 0 unspecified atom stereocenters. The second-order valence-electron chi connectivity index (χ2n) is 4.31. The lowest BCUT2D eigenvalue weighted by atomic mass is 10.3. The molecule has 1 aromatic carbocycles. The fourth-order valence-electron chi connectivity index (χ4n) is 1.58. The number of benzene rings is 1. The highest BCUT2D eigenvalue weighted by atomic mass is 28.2. The molecule has 1 aromatic rings. The van der Waals surface area contributed by atoms with E-state index in [1.807, 2.05) is 31.2 Å². The van der Waals surface area contributed by atoms with Gasteiger partial charge in [-0.2, -0.15) is 0 Å². The Bertz CT molecular complexity index is 330. The van der Waals surface area contributed by atoms with Crippen LogP contribution in [0.2, 0.25) is 18.6 Å². The van der Waals surface area contributed by atoms with Crippen molar-refractivity contribution in [1.82, 2.24) is 0 Å². The summed E-state index contributed by atoms with van der Waals surface area (Å²) < 4.78 is 16.7. The van der Waals surface area contributed by atoms with Crippen LogP contribution in [0.3, 0.4) is 0 Å². The molecule has 0 saturated heterocycles. The van der Waals surface area contributed by atoms with Gasteiger partial charge in [0.2, 0.25) is 9.76 Å². The predicted octanol–water partition coefficient (Wildman–Crippen LogP) is 3.47. The number of rotatable bonds is 12. The van der Waals surface area contributed by atoms with E-state index in [0.29, 0.717) is 9.76 Å². The number of ether oxygens (including phenoxy) is 2. The molecule has 0 saturated carbocycles. The maximum atomic E-state index is 5.68. The van der Waals surface area contributed by atoms with E-state index in [9.17, 15) is 0 Å². The molecule has 0 fully saturated rings. The SMILES string of the molecule is CCO[Si]CCCOc1ccc(OCCC[Si]C)cc1. The lowest BCUT2D eigenvalue weighted by molar-refractivity contribution is 0.305. The molecule has 0 aliphatic carbocycles. The molecule has 0 heterocycles. The largest absolute Gasteiger partial charge is 0.494 e. The van der Waals surface area contributed by atoms with Crippen molar-refractivity contribution in [3.05, 3.63) is 24.3 Å². The molecule has 0 N–H and O–H groups in total. The molecule has 0 atom stereocenters. The summed E-state index contributed by atoms with van der Waals surface area (Å²) in [6.45, 7) is 6.60. The minimum absolute atomic E-state index is 0.598. The molecule has 0 aliphatic heterocycles. The van der Waals surface area contributed by atoms with Gasteiger partial charge in [0, 0.05) is 16.1 Å². The van der Waals surface area contributed by atoms with Gasteiger partial charge in [-0.3, -0.25) is 0 Å². The van der Waals surface area contributed by atoms with Crippen molar-refractivity contribution in [3.63, 3.8) is 0 Å². The molecule has 20 heavy (non-hydrogen) atoms. The van der Waals surface area contributed by atoms with E-state index >= 15 is 0 Å². The van der Waals surface area contributed by atoms with E-state index in [1.54, 1.807) is 0 Å². The Balaban J connectivity index is 2.12. The van der Waals surface area contributed by atoms with E-state index in [1.165, 1.54) is 6.04 Å². The molecule has 0 amide bonds. The van der Waals surface area contributed by atoms with Crippen molar-refractivity contribution in [2.75, 3.05) is 19.8 Å². The lowest BCUT2D eigenvalue weighted by Gasteiger charge is -2.08. The molecule has 0 aliphatic rings. The fourth-order valence-corrected chi connectivity index (χ4v) is 2.71. The van der Waals surface area contributed by atoms with Gasteiger partial charge in [0.1, 0.15) is 11.5 Å². The summed E-state index contributed by atoms with van der Waals surface area (Å²) in [6, 6.07) is 10.2. The summed E-state index contributed by atoms with van der Waals surface area (Å²) in [6.07, 6.45) is 2.17. The Morgan fingerprint density at radius 2 is 1.45 bits per heavy atom. The van der Waals surface area contributed by atoms with Crippen LogP contribution < -0.4 is 9.47 Å². The minimum Gasteiger partial charge on any atom is -0.494 e. The fraction of sp³-hybridized carbons (Fsp3) is 0.600. The van der Waals surface area contributed by atoms with Crippen molar-refractivity contribution in [2.24, 2.45) is 0 Å². The van der Waals surface area contributed by atoms with E-state index in [4.69, 9.17) is 13.9 Å². The third-order valence-electron chi connectivity index (χ3n) is 2.60. The Morgan fingerprint density at radius 3 is 1.95 bits per heavy atom. The second-order valence-corrected chi connectivity index (χ2v) is 6.59. The van der Waals surface area contributed by atoms with Gasteiger partial charge in [-0.15, -0.1) is 0 Å². The van der Waals surface area contributed by atoms with Crippen molar-refractivity contribution in [1.29, 1.82) is 0 Å². The monoisotopic (exact) mass is 308 g/mol. The standard InChI is InChI=1S/C15H24O3Si2/c1-3-18-20-13-5-11-17-15-8-6-14(7-9-15)16-10-4-12-19-2/h6-9H,3-5,10-13H2,1-2H3.